The van der Waals surface area contributed by atoms with E-state index in [-0.39, 0.29) is 18.5 Å². The van der Waals surface area contributed by atoms with Crippen molar-refractivity contribution >= 4 is 11.9 Å². The fourth-order valence-electron chi connectivity index (χ4n) is 11.3. The number of esters is 1. The van der Waals surface area contributed by atoms with Crippen LogP contribution in [0.5, 0.6) is 0 Å². The van der Waals surface area contributed by atoms with Gasteiger partial charge in [0.2, 0.25) is 5.91 Å². The minimum atomic E-state index is -0.843. The highest BCUT2D eigenvalue weighted by molar-refractivity contribution is 5.76. The van der Waals surface area contributed by atoms with Gasteiger partial charge in [0, 0.05) is 12.8 Å². The van der Waals surface area contributed by atoms with E-state index < -0.39 is 12.1 Å². The number of aliphatic hydroxyl groups excluding tert-OH is 2. The molecule has 0 aliphatic heterocycles. The maximum absolute atomic E-state index is 12.5. The molecule has 1 amide bonds. The van der Waals surface area contributed by atoms with Crippen LogP contribution in [0.3, 0.4) is 0 Å². The van der Waals surface area contributed by atoms with E-state index in [0.29, 0.717) is 19.4 Å². The van der Waals surface area contributed by atoms with E-state index in [0.717, 1.165) is 51.4 Å². The van der Waals surface area contributed by atoms with Gasteiger partial charge in [-0.25, -0.2) is 0 Å². The number of amides is 1. The van der Waals surface area contributed by atoms with E-state index in [4.69, 9.17) is 4.74 Å². The van der Waals surface area contributed by atoms with Crippen LogP contribution in [0, 0.1) is 0 Å². The number of hydrogen-bond donors (Lipinski definition) is 3. The SMILES string of the molecule is CCCCCCCCC/C=C\CCCCCCCC(=O)OCCCCCCCCCCC/C=C\C/C=C\CCCCCCCCCCCCCCCCCCCC(=O)NC(CO)C(O)/C=C/CCCCCCCCCCCCCCC. The van der Waals surface area contributed by atoms with Crippen molar-refractivity contribution in [2.75, 3.05) is 13.2 Å². The molecule has 2 atom stereocenters. The minimum Gasteiger partial charge on any atom is -0.466 e. The van der Waals surface area contributed by atoms with Crippen LogP contribution in [-0.2, 0) is 14.3 Å². The summed E-state index contributed by atoms with van der Waals surface area (Å²) < 4.78 is 5.49. The second-order valence-corrected chi connectivity index (χ2v) is 24.9. The van der Waals surface area contributed by atoms with Gasteiger partial charge >= 0.3 is 5.97 Å². The molecule has 0 bridgehead atoms. The van der Waals surface area contributed by atoms with E-state index in [9.17, 15) is 19.8 Å². The lowest BCUT2D eigenvalue weighted by Gasteiger charge is -2.20. The van der Waals surface area contributed by atoms with Crippen LogP contribution in [0.1, 0.15) is 393 Å². The molecule has 0 radical (unpaired) electrons. The van der Waals surface area contributed by atoms with Gasteiger partial charge in [0.15, 0.2) is 0 Å². The van der Waals surface area contributed by atoms with Gasteiger partial charge in [-0.1, -0.05) is 339 Å². The molecule has 0 aromatic carbocycles. The van der Waals surface area contributed by atoms with Gasteiger partial charge in [-0.2, -0.15) is 0 Å². The summed E-state index contributed by atoms with van der Waals surface area (Å²) in [5.41, 5.74) is 0. The van der Waals surface area contributed by atoms with Crippen LogP contribution in [-0.4, -0.2) is 47.4 Å². The zero-order valence-corrected chi connectivity index (χ0v) is 54.5. The highest BCUT2D eigenvalue weighted by atomic mass is 16.5. The number of allylic oxidation sites excluding steroid dienone is 7. The Kier molecular flexibility index (Phi) is 68.4. The van der Waals surface area contributed by atoms with Gasteiger partial charge in [-0.3, -0.25) is 9.59 Å². The highest BCUT2D eigenvalue weighted by Crippen LogP contribution is 2.18. The molecule has 2 unspecified atom stereocenters. The van der Waals surface area contributed by atoms with Crippen molar-refractivity contribution in [3.8, 4) is 0 Å². The molecule has 0 saturated carbocycles. The van der Waals surface area contributed by atoms with E-state index in [1.807, 2.05) is 6.08 Å². The average molecular weight is 1140 g/mol. The fraction of sp³-hybridized carbons (Fsp3) is 0.867. The van der Waals surface area contributed by atoms with Crippen molar-refractivity contribution in [2.24, 2.45) is 0 Å². The molecule has 81 heavy (non-hydrogen) atoms. The molecular weight excluding hydrogens is 995 g/mol. The molecule has 0 aromatic heterocycles. The Hall–Kier alpha value is -2.18. The number of carbonyl (C=O) groups excluding carboxylic acids is 2. The molecule has 0 fully saturated rings. The maximum atomic E-state index is 12.5. The summed E-state index contributed by atoms with van der Waals surface area (Å²) in [5, 5.41) is 23.2. The van der Waals surface area contributed by atoms with E-state index in [1.54, 1.807) is 6.08 Å². The average Bonchev–Trinajstić information content (AvgIpc) is 3.47. The highest BCUT2D eigenvalue weighted by Gasteiger charge is 2.18. The van der Waals surface area contributed by atoms with Gasteiger partial charge in [0.25, 0.3) is 0 Å². The fourth-order valence-corrected chi connectivity index (χ4v) is 11.3. The first-order valence-corrected chi connectivity index (χ1v) is 36.4. The molecule has 0 saturated heterocycles. The lowest BCUT2D eigenvalue weighted by molar-refractivity contribution is -0.143. The second-order valence-electron chi connectivity index (χ2n) is 24.9. The Morgan fingerprint density at radius 3 is 0.951 bits per heavy atom. The first-order valence-electron chi connectivity index (χ1n) is 36.4. The number of aliphatic hydroxyl groups is 2. The summed E-state index contributed by atoms with van der Waals surface area (Å²) >= 11 is 0. The molecule has 0 rings (SSSR count). The predicted octanol–water partition coefficient (Wildman–Crippen LogP) is 23.6. The third kappa shape index (κ3) is 66.8. The summed E-state index contributed by atoms with van der Waals surface area (Å²) in [4.78, 5) is 24.6. The Morgan fingerprint density at radius 2 is 0.617 bits per heavy atom. The molecule has 0 aliphatic rings. The van der Waals surface area contributed by atoms with E-state index in [2.05, 4.69) is 55.6 Å². The number of ether oxygens (including phenoxy) is 1. The Labute approximate surface area is 506 Å². The summed E-state index contributed by atoms with van der Waals surface area (Å²) in [6.07, 6.45) is 92.0. The number of rotatable bonds is 68. The summed E-state index contributed by atoms with van der Waals surface area (Å²) in [6, 6.07) is -0.627. The van der Waals surface area contributed by atoms with Crippen molar-refractivity contribution in [3.63, 3.8) is 0 Å². The largest absolute Gasteiger partial charge is 0.466 e. The molecular formula is C75H141NO5. The molecule has 0 aromatic rings. The standard InChI is InChI=1S/C75H141NO5/c1-3-5-7-9-11-13-15-17-19-41-45-49-53-57-61-65-69-75(80)81-70-66-62-58-54-50-46-42-38-36-34-32-30-28-26-24-22-20-21-23-25-27-29-31-33-35-37-40-44-48-52-56-60-64-68-74(79)76-72(71-77)73(78)67-63-59-55-51-47-43-39-18-16-14-12-10-8-6-4-2/h19,24,26,30,32,41,63,67,72-73,77-78H,3-18,20-23,25,27-29,31,33-40,42-62,64-66,68-71H2,1-2H3,(H,76,79)/b26-24-,32-30-,41-19-,67-63+. The van der Waals surface area contributed by atoms with Crippen LogP contribution in [0.15, 0.2) is 48.6 Å². The van der Waals surface area contributed by atoms with E-state index >= 15 is 0 Å². The topological polar surface area (TPSA) is 95.9 Å². The summed E-state index contributed by atoms with van der Waals surface area (Å²) in [5.74, 6) is -0.0575. The zero-order chi connectivity index (χ0) is 58.5. The van der Waals surface area contributed by atoms with Gasteiger partial charge in [0.1, 0.15) is 0 Å². The molecule has 476 valence electrons. The van der Waals surface area contributed by atoms with Crippen LogP contribution in [0.2, 0.25) is 0 Å². The third-order valence-corrected chi connectivity index (χ3v) is 16.8. The molecule has 3 N–H and O–H groups in total. The number of unbranched alkanes of at least 4 members (excludes halogenated alkanes) is 51. The monoisotopic (exact) mass is 1140 g/mol. The van der Waals surface area contributed by atoms with Crippen molar-refractivity contribution < 1.29 is 24.5 Å². The Balaban J connectivity index is 3.39. The smallest absolute Gasteiger partial charge is 0.305 e. The van der Waals surface area contributed by atoms with Gasteiger partial charge < -0.3 is 20.3 Å². The lowest BCUT2D eigenvalue weighted by atomic mass is 10.0. The summed E-state index contributed by atoms with van der Waals surface area (Å²) in [7, 11) is 0. The Morgan fingerprint density at radius 1 is 0.346 bits per heavy atom. The van der Waals surface area contributed by atoms with Crippen LogP contribution >= 0.6 is 0 Å². The van der Waals surface area contributed by atoms with Crippen molar-refractivity contribution in [2.45, 2.75) is 405 Å². The van der Waals surface area contributed by atoms with Crippen LogP contribution in [0.4, 0.5) is 0 Å². The summed E-state index contributed by atoms with van der Waals surface area (Å²) in [6.45, 7) is 4.92. The van der Waals surface area contributed by atoms with Gasteiger partial charge in [-0.05, 0) is 89.9 Å². The molecule has 0 aliphatic carbocycles. The zero-order valence-electron chi connectivity index (χ0n) is 54.5. The molecule has 6 heteroatoms. The van der Waals surface area contributed by atoms with E-state index in [1.165, 1.54) is 315 Å². The van der Waals surface area contributed by atoms with Crippen molar-refractivity contribution in [1.82, 2.24) is 5.32 Å². The lowest BCUT2D eigenvalue weighted by Crippen LogP contribution is -2.45. The Bertz CT molecular complexity index is 1360. The first kappa shape index (κ1) is 78.8. The molecule has 6 nitrogen and oxygen atoms in total. The molecule has 0 spiro atoms. The van der Waals surface area contributed by atoms with Crippen LogP contribution in [0.25, 0.3) is 0 Å². The minimum absolute atomic E-state index is 0.00672. The number of nitrogens with one attached hydrogen (secondary N) is 1. The molecule has 0 heterocycles. The first-order chi connectivity index (χ1) is 40.0. The van der Waals surface area contributed by atoms with Gasteiger partial charge in [0.05, 0.1) is 25.4 Å². The van der Waals surface area contributed by atoms with Crippen LogP contribution < -0.4 is 5.32 Å². The predicted molar refractivity (Wildman–Crippen MR) is 356 cm³/mol. The van der Waals surface area contributed by atoms with Crippen molar-refractivity contribution in [3.05, 3.63) is 48.6 Å². The maximum Gasteiger partial charge on any atom is 0.305 e. The second kappa shape index (κ2) is 70.3. The third-order valence-electron chi connectivity index (χ3n) is 16.8. The number of carbonyl (C=O) groups is 2. The number of hydrogen-bond acceptors (Lipinski definition) is 5. The normalized spacial score (nSPS) is 12.8. The van der Waals surface area contributed by atoms with Gasteiger partial charge in [-0.15, -0.1) is 0 Å². The van der Waals surface area contributed by atoms with Crippen molar-refractivity contribution in [1.29, 1.82) is 0 Å². The quantitative estimate of drug-likeness (QED) is 0.0320.